The molecule has 0 radical (unpaired) electrons. The number of likely N-dealkylation sites (tertiary alicyclic amines) is 1. The molecule has 0 N–H and O–H groups in total. The van der Waals surface area contributed by atoms with Gasteiger partial charge in [-0.05, 0) is 52.2 Å². The van der Waals surface area contributed by atoms with Gasteiger partial charge in [0.05, 0.1) is 18.8 Å². The Morgan fingerprint density at radius 1 is 1.08 bits per heavy atom. The topological polar surface area (TPSA) is 36.0 Å². The number of hydrogen-bond donors (Lipinski definition) is 0. The van der Waals surface area contributed by atoms with Crippen LogP contribution in [0.4, 0.5) is 5.69 Å². The number of benzene rings is 1. The molecule has 0 unspecified atom stereocenters. The van der Waals surface area contributed by atoms with Gasteiger partial charge in [0.1, 0.15) is 5.75 Å². The average molecular weight is 360 g/mol. The standard InChI is InChI=1S/C21H33N3O2/c1-16-8-7-9-17(2)24(16)21(25)18(3)22-12-14-23(15-13-22)19-10-5-6-11-20(19)26-4/h5-6,10-11,16-18H,7-9,12-15H2,1-4H3/t16-,17-,18-/m1/s1. The first-order valence-electron chi connectivity index (χ1n) is 9.97. The van der Waals surface area contributed by atoms with E-state index in [9.17, 15) is 4.79 Å². The number of anilines is 1. The van der Waals surface area contributed by atoms with Crippen LogP contribution in [-0.2, 0) is 4.79 Å². The molecule has 0 aromatic heterocycles. The van der Waals surface area contributed by atoms with Crippen LogP contribution in [0.5, 0.6) is 5.75 Å². The van der Waals surface area contributed by atoms with Crippen LogP contribution < -0.4 is 9.64 Å². The van der Waals surface area contributed by atoms with Crippen molar-refractivity contribution >= 4 is 11.6 Å². The maximum atomic E-state index is 13.1. The summed E-state index contributed by atoms with van der Waals surface area (Å²) in [4.78, 5) is 20.0. The minimum atomic E-state index is -0.0437. The molecule has 3 atom stereocenters. The second-order valence-corrected chi connectivity index (χ2v) is 7.75. The number of nitrogens with zero attached hydrogens (tertiary/aromatic N) is 3. The molecule has 1 aromatic rings. The van der Waals surface area contributed by atoms with Crippen LogP contribution in [0, 0.1) is 0 Å². The molecule has 2 aliphatic heterocycles. The molecular weight excluding hydrogens is 326 g/mol. The quantitative estimate of drug-likeness (QED) is 0.828. The zero-order valence-corrected chi connectivity index (χ0v) is 16.6. The molecule has 1 amide bonds. The van der Waals surface area contributed by atoms with E-state index in [4.69, 9.17) is 4.74 Å². The van der Waals surface area contributed by atoms with E-state index in [-0.39, 0.29) is 6.04 Å². The summed E-state index contributed by atoms with van der Waals surface area (Å²) in [6.45, 7) is 10.1. The molecule has 144 valence electrons. The van der Waals surface area contributed by atoms with Crippen LogP contribution in [0.1, 0.15) is 40.0 Å². The van der Waals surface area contributed by atoms with Crippen molar-refractivity contribution in [2.45, 2.75) is 58.2 Å². The normalized spacial score (nSPS) is 25.8. The molecule has 2 fully saturated rings. The van der Waals surface area contributed by atoms with Crippen molar-refractivity contribution in [3.63, 3.8) is 0 Å². The Morgan fingerprint density at radius 3 is 2.31 bits per heavy atom. The summed E-state index contributed by atoms with van der Waals surface area (Å²) in [5, 5.41) is 0. The van der Waals surface area contributed by atoms with Crippen molar-refractivity contribution in [2.75, 3.05) is 38.2 Å². The van der Waals surface area contributed by atoms with Crippen LogP contribution >= 0.6 is 0 Å². The number of carbonyl (C=O) groups excluding carboxylic acids is 1. The van der Waals surface area contributed by atoms with Gasteiger partial charge in [-0.1, -0.05) is 12.1 Å². The maximum absolute atomic E-state index is 13.1. The average Bonchev–Trinajstić information content (AvgIpc) is 2.67. The fourth-order valence-electron chi connectivity index (χ4n) is 4.47. The minimum Gasteiger partial charge on any atom is -0.495 e. The monoisotopic (exact) mass is 359 g/mol. The number of rotatable bonds is 4. The molecular formula is C21H33N3O2. The van der Waals surface area contributed by atoms with Gasteiger partial charge in [-0.15, -0.1) is 0 Å². The predicted octanol–water partition coefficient (Wildman–Crippen LogP) is 3.00. The van der Waals surface area contributed by atoms with Gasteiger partial charge in [0.2, 0.25) is 5.91 Å². The largest absolute Gasteiger partial charge is 0.495 e. The number of piperazine rings is 1. The number of methoxy groups -OCH3 is 1. The number of amides is 1. The highest BCUT2D eigenvalue weighted by Crippen LogP contribution is 2.29. The molecule has 1 aromatic carbocycles. The van der Waals surface area contributed by atoms with Crippen molar-refractivity contribution in [1.29, 1.82) is 0 Å². The Kier molecular flexibility index (Phi) is 6.07. The summed E-state index contributed by atoms with van der Waals surface area (Å²) in [6.07, 6.45) is 3.49. The van der Waals surface area contributed by atoms with Gasteiger partial charge in [0.15, 0.2) is 0 Å². The van der Waals surface area contributed by atoms with Gasteiger partial charge in [0, 0.05) is 38.3 Å². The first-order chi connectivity index (χ1) is 12.5. The second-order valence-electron chi connectivity index (χ2n) is 7.75. The second kappa shape index (κ2) is 8.30. The molecule has 5 heteroatoms. The van der Waals surface area contributed by atoms with Crippen LogP contribution in [0.2, 0.25) is 0 Å². The first kappa shape index (κ1) is 19.0. The Labute approximate surface area is 157 Å². The summed E-state index contributed by atoms with van der Waals surface area (Å²) in [6, 6.07) is 8.85. The Morgan fingerprint density at radius 2 is 1.69 bits per heavy atom. The molecule has 26 heavy (non-hydrogen) atoms. The zero-order valence-electron chi connectivity index (χ0n) is 16.6. The number of carbonyl (C=O) groups is 1. The zero-order chi connectivity index (χ0) is 18.7. The van der Waals surface area contributed by atoms with E-state index in [0.29, 0.717) is 18.0 Å². The van der Waals surface area contributed by atoms with E-state index in [1.54, 1.807) is 7.11 Å². The van der Waals surface area contributed by atoms with Crippen LogP contribution in [0.25, 0.3) is 0 Å². The number of para-hydroxylation sites is 2. The molecule has 0 bridgehead atoms. The minimum absolute atomic E-state index is 0.0437. The van der Waals surface area contributed by atoms with Crippen LogP contribution in [0.15, 0.2) is 24.3 Å². The van der Waals surface area contributed by atoms with E-state index in [2.05, 4.69) is 47.6 Å². The van der Waals surface area contributed by atoms with E-state index >= 15 is 0 Å². The third-order valence-corrected chi connectivity index (χ3v) is 6.09. The lowest BCUT2D eigenvalue weighted by atomic mass is 9.96. The lowest BCUT2D eigenvalue weighted by molar-refractivity contribution is -0.142. The fraction of sp³-hybridized carbons (Fsp3) is 0.667. The predicted molar refractivity (Wildman–Crippen MR) is 106 cm³/mol. The molecule has 2 saturated heterocycles. The van der Waals surface area contributed by atoms with Gasteiger partial charge in [-0.25, -0.2) is 0 Å². The molecule has 0 saturated carbocycles. The van der Waals surface area contributed by atoms with E-state index in [0.717, 1.165) is 50.5 Å². The summed E-state index contributed by atoms with van der Waals surface area (Å²) in [5.41, 5.74) is 1.15. The molecule has 3 rings (SSSR count). The van der Waals surface area contributed by atoms with Gasteiger partial charge in [0.25, 0.3) is 0 Å². The van der Waals surface area contributed by atoms with Crippen molar-refractivity contribution in [1.82, 2.24) is 9.80 Å². The van der Waals surface area contributed by atoms with E-state index in [1.165, 1.54) is 6.42 Å². The van der Waals surface area contributed by atoms with Crippen molar-refractivity contribution in [3.05, 3.63) is 24.3 Å². The Balaban J connectivity index is 1.61. The smallest absolute Gasteiger partial charge is 0.240 e. The molecule has 5 nitrogen and oxygen atoms in total. The number of ether oxygens (including phenoxy) is 1. The summed E-state index contributed by atoms with van der Waals surface area (Å²) >= 11 is 0. The highest BCUT2D eigenvalue weighted by Gasteiger charge is 2.35. The lowest BCUT2D eigenvalue weighted by Crippen LogP contribution is -2.58. The summed E-state index contributed by atoms with van der Waals surface area (Å²) in [7, 11) is 1.72. The van der Waals surface area contributed by atoms with E-state index < -0.39 is 0 Å². The van der Waals surface area contributed by atoms with Gasteiger partial charge >= 0.3 is 0 Å². The SMILES string of the molecule is COc1ccccc1N1CCN([C@H](C)C(=O)N2[C@H](C)CCC[C@H]2C)CC1. The van der Waals surface area contributed by atoms with Crippen LogP contribution in [0.3, 0.4) is 0 Å². The highest BCUT2D eigenvalue weighted by molar-refractivity contribution is 5.82. The van der Waals surface area contributed by atoms with Crippen molar-refractivity contribution in [3.8, 4) is 5.75 Å². The highest BCUT2D eigenvalue weighted by atomic mass is 16.5. The molecule has 2 heterocycles. The third-order valence-electron chi connectivity index (χ3n) is 6.09. The fourth-order valence-corrected chi connectivity index (χ4v) is 4.47. The number of hydrogen-bond acceptors (Lipinski definition) is 4. The maximum Gasteiger partial charge on any atom is 0.240 e. The van der Waals surface area contributed by atoms with Crippen molar-refractivity contribution in [2.24, 2.45) is 0 Å². The van der Waals surface area contributed by atoms with Crippen molar-refractivity contribution < 1.29 is 9.53 Å². The summed E-state index contributed by atoms with van der Waals surface area (Å²) < 4.78 is 5.50. The Hall–Kier alpha value is -1.75. The Bertz CT molecular complexity index is 603. The van der Waals surface area contributed by atoms with Gasteiger partial charge in [-0.3, -0.25) is 9.69 Å². The van der Waals surface area contributed by atoms with Gasteiger partial charge < -0.3 is 14.5 Å². The lowest BCUT2D eigenvalue weighted by Gasteiger charge is -2.44. The summed E-state index contributed by atoms with van der Waals surface area (Å²) in [5.74, 6) is 1.22. The third kappa shape index (κ3) is 3.83. The number of piperidine rings is 1. The van der Waals surface area contributed by atoms with Gasteiger partial charge in [-0.2, -0.15) is 0 Å². The molecule has 0 spiro atoms. The molecule has 2 aliphatic rings. The van der Waals surface area contributed by atoms with E-state index in [1.807, 2.05) is 12.1 Å². The first-order valence-corrected chi connectivity index (χ1v) is 9.97. The molecule has 0 aliphatic carbocycles. The van der Waals surface area contributed by atoms with Crippen LogP contribution in [-0.4, -0.2) is 67.1 Å².